The maximum absolute atomic E-state index is 14.8. The molecule has 0 saturated carbocycles. The van der Waals surface area contributed by atoms with Crippen molar-refractivity contribution in [2.24, 2.45) is 11.3 Å². The van der Waals surface area contributed by atoms with E-state index >= 15 is 0 Å². The Kier molecular flexibility index (Phi) is 19.5. The maximum atomic E-state index is 14.8. The highest BCUT2D eigenvalue weighted by molar-refractivity contribution is 5.88. The number of esters is 3. The number of carbonyl (C=O) groups is 3. The number of aliphatic hydroxyl groups is 2. The van der Waals surface area contributed by atoms with Crippen LogP contribution in [0.3, 0.4) is 0 Å². The first-order valence-electron chi connectivity index (χ1n) is 16.5. The van der Waals surface area contributed by atoms with Crippen molar-refractivity contribution in [1.82, 2.24) is 0 Å². The molecule has 0 aliphatic heterocycles. The van der Waals surface area contributed by atoms with Gasteiger partial charge < -0.3 is 29.2 Å². The van der Waals surface area contributed by atoms with Crippen LogP contribution in [-0.4, -0.2) is 110 Å². The molecule has 0 aromatic heterocycles. The van der Waals surface area contributed by atoms with Crippen LogP contribution in [0, 0.1) is 11.3 Å². The van der Waals surface area contributed by atoms with Gasteiger partial charge in [-0.15, -0.1) is 0 Å². The average Bonchev–Trinajstić information content (AvgIpc) is 3.09. The van der Waals surface area contributed by atoms with Crippen LogP contribution in [0.2, 0.25) is 0 Å². The van der Waals surface area contributed by atoms with Crippen molar-refractivity contribution in [3.63, 3.8) is 0 Å². The van der Waals surface area contributed by atoms with Crippen molar-refractivity contribution in [2.45, 2.75) is 101 Å². The fraction of sp³-hybridized carbons (Fsp3) is 0.735. The molecule has 0 fully saturated rings. The van der Waals surface area contributed by atoms with Crippen LogP contribution in [-0.2, 0) is 33.3 Å². The Bertz CT molecular complexity index is 1300. The molecule has 0 rings (SSSR count). The molecule has 0 saturated heterocycles. The molecule has 0 radical (unpaired) electrons. The zero-order valence-electron chi connectivity index (χ0n) is 30.4. The summed E-state index contributed by atoms with van der Waals surface area (Å²) in [4.78, 5) is 36.9. The predicted octanol–water partition coefficient (Wildman–Crippen LogP) is 7.49. The minimum atomic E-state index is -7.86. The molecule has 55 heavy (non-hydrogen) atoms. The van der Waals surface area contributed by atoms with Gasteiger partial charge in [0.05, 0.1) is 12.0 Å². The van der Waals surface area contributed by atoms with Gasteiger partial charge in [0.2, 0.25) is 0 Å². The van der Waals surface area contributed by atoms with Gasteiger partial charge in [-0.3, -0.25) is 0 Å². The Labute approximate surface area is 309 Å². The zero-order chi connectivity index (χ0) is 43.3. The molecular formula is C34H46F12O9. The van der Waals surface area contributed by atoms with Gasteiger partial charge in [-0.1, -0.05) is 52.3 Å². The first-order valence-corrected chi connectivity index (χ1v) is 16.5. The van der Waals surface area contributed by atoms with Gasteiger partial charge in [-0.25, -0.2) is 14.4 Å². The molecule has 0 unspecified atom stereocenters. The molecule has 2 N–H and O–H groups in total. The van der Waals surface area contributed by atoms with Crippen LogP contribution in [0.1, 0.15) is 65.7 Å². The number of alkyl halides is 12. The molecule has 0 atom stereocenters. The van der Waals surface area contributed by atoms with Crippen molar-refractivity contribution < 1.29 is 96.2 Å². The van der Waals surface area contributed by atoms with Gasteiger partial charge >= 0.3 is 53.4 Å². The largest absolute Gasteiger partial charge is 0.461 e. The van der Waals surface area contributed by atoms with E-state index in [2.05, 4.69) is 24.5 Å². The average molecular weight is 827 g/mol. The minimum absolute atomic E-state index is 0.149. The summed E-state index contributed by atoms with van der Waals surface area (Å²) in [5.41, 5.74) is -3.50. The third-order valence-electron chi connectivity index (χ3n) is 7.95. The normalized spacial score (nSPS) is 13.4. The highest BCUT2D eigenvalue weighted by Crippen LogP contribution is 2.60. The summed E-state index contributed by atoms with van der Waals surface area (Å²) in [6.07, 6.45) is -2.67. The van der Waals surface area contributed by atoms with Crippen molar-refractivity contribution in [3.8, 4) is 0 Å². The molecule has 9 nitrogen and oxygen atoms in total. The number of hydrogen-bond donors (Lipinski definition) is 2. The summed E-state index contributed by atoms with van der Waals surface area (Å²) < 4.78 is 193. The molecule has 0 bridgehead atoms. The third-order valence-corrected chi connectivity index (χ3v) is 7.95. The summed E-state index contributed by atoms with van der Waals surface area (Å²) in [6.45, 7) is 4.25. The third kappa shape index (κ3) is 13.1. The molecule has 320 valence electrons. The van der Waals surface area contributed by atoms with Gasteiger partial charge in [0, 0.05) is 42.3 Å². The summed E-state index contributed by atoms with van der Waals surface area (Å²) in [5, 5.41) is 18.5. The number of aliphatic hydroxyl groups excluding tert-OH is 2. The van der Waals surface area contributed by atoms with E-state index in [0.717, 1.165) is 13.8 Å². The predicted molar refractivity (Wildman–Crippen MR) is 170 cm³/mol. The van der Waals surface area contributed by atoms with E-state index in [0.29, 0.717) is 12.8 Å². The Morgan fingerprint density at radius 2 is 0.964 bits per heavy atom. The van der Waals surface area contributed by atoms with Crippen LogP contribution in [0.25, 0.3) is 0 Å². The highest BCUT2D eigenvalue weighted by atomic mass is 19.4. The van der Waals surface area contributed by atoms with Crippen LogP contribution in [0.5, 0.6) is 0 Å². The maximum Gasteiger partial charge on any atom is 0.384 e. The number of halogens is 12. The molecular weight excluding hydrogens is 780 g/mol. The Morgan fingerprint density at radius 1 is 0.564 bits per heavy atom. The molecule has 0 heterocycles. The van der Waals surface area contributed by atoms with E-state index in [1.165, 1.54) is 0 Å². The molecule has 0 amide bonds. The van der Waals surface area contributed by atoms with Gasteiger partial charge in [-0.2, -0.15) is 52.7 Å². The van der Waals surface area contributed by atoms with Gasteiger partial charge in [0.1, 0.15) is 26.4 Å². The molecule has 0 aromatic rings. The second-order valence-electron chi connectivity index (χ2n) is 13.2. The lowest BCUT2D eigenvalue weighted by atomic mass is 9.89. The number of unbranched alkanes of at least 4 members (excludes halogenated alkanes) is 4. The van der Waals surface area contributed by atoms with Crippen LogP contribution in [0.4, 0.5) is 52.7 Å². The van der Waals surface area contributed by atoms with E-state index in [1.54, 1.807) is 6.92 Å². The monoisotopic (exact) mass is 826 g/mol. The quantitative estimate of drug-likeness (QED) is 0.0271. The second-order valence-corrected chi connectivity index (χ2v) is 13.2. The zero-order valence-corrected chi connectivity index (χ0v) is 30.4. The second kappa shape index (κ2) is 20.7. The van der Waals surface area contributed by atoms with E-state index in [4.69, 9.17) is 14.2 Å². The Hall–Kier alpha value is -3.33. The van der Waals surface area contributed by atoms with Crippen LogP contribution < -0.4 is 0 Å². The first-order chi connectivity index (χ1) is 25.0. The summed E-state index contributed by atoms with van der Waals surface area (Å²) in [6, 6.07) is 0. The SMILES string of the molecule is C=C(C)C(=O)OCC(COCC(F)(F)C(F)(F)C(F)(F)C(F)(F)C(F)(F)C(F)(F)CCCCCCC)(COC(=O)C(=C)C)COC(=O)C(=C)CC(CO)CO. The lowest BCUT2D eigenvalue weighted by molar-refractivity contribution is -0.427. The molecule has 0 aliphatic rings. The summed E-state index contributed by atoms with van der Waals surface area (Å²) >= 11 is 0. The lowest BCUT2D eigenvalue weighted by Crippen LogP contribution is -2.71. The number of hydrogen-bond acceptors (Lipinski definition) is 9. The topological polar surface area (TPSA) is 129 Å². The molecule has 0 aromatic carbocycles. The van der Waals surface area contributed by atoms with E-state index in [1.807, 2.05) is 0 Å². The van der Waals surface area contributed by atoms with Gasteiger partial charge in [0.25, 0.3) is 0 Å². The van der Waals surface area contributed by atoms with Gasteiger partial charge in [-0.05, 0) is 26.7 Å². The number of rotatable bonds is 28. The van der Waals surface area contributed by atoms with Crippen LogP contribution in [0.15, 0.2) is 36.5 Å². The lowest BCUT2D eigenvalue weighted by Gasteiger charge is -2.41. The van der Waals surface area contributed by atoms with Crippen LogP contribution >= 0.6 is 0 Å². The van der Waals surface area contributed by atoms with Crippen molar-refractivity contribution in [3.05, 3.63) is 36.5 Å². The number of ether oxygens (including phenoxy) is 4. The van der Waals surface area contributed by atoms with E-state index in [9.17, 15) is 77.3 Å². The molecule has 21 heteroatoms. The molecule has 0 spiro atoms. The van der Waals surface area contributed by atoms with E-state index < -0.39 is 136 Å². The highest BCUT2D eigenvalue weighted by Gasteiger charge is 2.89. The van der Waals surface area contributed by atoms with Crippen molar-refractivity contribution in [2.75, 3.05) is 46.2 Å². The minimum Gasteiger partial charge on any atom is -0.461 e. The summed E-state index contributed by atoms with van der Waals surface area (Å²) in [7, 11) is 0. The number of carbonyl (C=O) groups excluding carboxylic acids is 3. The molecule has 0 aliphatic carbocycles. The van der Waals surface area contributed by atoms with Crippen molar-refractivity contribution >= 4 is 17.9 Å². The van der Waals surface area contributed by atoms with E-state index in [-0.39, 0.29) is 24.0 Å². The Morgan fingerprint density at radius 3 is 1.36 bits per heavy atom. The first kappa shape index (κ1) is 51.7. The standard InChI is InChI=1S/C34H46F12O9/c1-7-8-9-10-11-12-29(35,36)31(39,40)33(43,44)34(45,46)32(41,42)30(37,38)20-52-16-28(17-53-25(49)21(2)3,18-54-26(50)22(4)5)19-55-27(51)23(6)13-24(14-47)15-48/h24,47-48H,2,4,6-20H2,1,3,5H3. The Balaban J connectivity index is 6.62. The fourth-order valence-corrected chi connectivity index (χ4v) is 4.32. The smallest absolute Gasteiger partial charge is 0.384 e. The van der Waals surface area contributed by atoms with Gasteiger partial charge in [0.15, 0.2) is 0 Å². The van der Waals surface area contributed by atoms with Crippen molar-refractivity contribution in [1.29, 1.82) is 0 Å². The fourth-order valence-electron chi connectivity index (χ4n) is 4.32. The summed E-state index contributed by atoms with van der Waals surface area (Å²) in [5.74, 6) is -47.8.